The molecule has 1 fully saturated rings. The van der Waals surface area contributed by atoms with E-state index in [9.17, 15) is 18.4 Å². The summed E-state index contributed by atoms with van der Waals surface area (Å²) in [6.07, 6.45) is 4.20. The maximum absolute atomic E-state index is 13.2. The molecule has 2 aromatic rings. The Hall–Kier alpha value is -2.96. The summed E-state index contributed by atoms with van der Waals surface area (Å²) in [7, 11) is 0. The number of esters is 1. The first-order chi connectivity index (χ1) is 13.3. The van der Waals surface area contributed by atoms with Crippen LogP contribution in [0.2, 0.25) is 0 Å². The topological polar surface area (TPSA) is 60.3 Å². The fourth-order valence-corrected chi connectivity index (χ4v) is 3.11. The molecule has 0 saturated heterocycles. The van der Waals surface area contributed by atoms with Gasteiger partial charge in [-0.15, -0.1) is 0 Å². The van der Waals surface area contributed by atoms with Gasteiger partial charge in [0.2, 0.25) is 0 Å². The third kappa shape index (κ3) is 4.47. The molecule has 1 aromatic carbocycles. The van der Waals surface area contributed by atoms with Crippen LogP contribution in [0.25, 0.3) is 6.08 Å². The van der Waals surface area contributed by atoms with Gasteiger partial charge in [-0.05, 0) is 63.5 Å². The van der Waals surface area contributed by atoms with Crippen LogP contribution in [-0.4, -0.2) is 22.5 Å². The molecule has 0 aliphatic heterocycles. The van der Waals surface area contributed by atoms with E-state index in [0.29, 0.717) is 6.04 Å². The lowest BCUT2D eigenvalue weighted by Crippen LogP contribution is -2.29. The van der Waals surface area contributed by atoms with E-state index in [2.05, 4.69) is 9.88 Å². The molecule has 1 amide bonds. The van der Waals surface area contributed by atoms with E-state index in [1.165, 1.54) is 31.9 Å². The zero-order valence-corrected chi connectivity index (χ0v) is 16.0. The predicted molar refractivity (Wildman–Crippen MR) is 102 cm³/mol. The Morgan fingerprint density at radius 3 is 2.57 bits per heavy atom. The summed E-state index contributed by atoms with van der Waals surface area (Å²) in [5, 5.41) is 2.38. The summed E-state index contributed by atoms with van der Waals surface area (Å²) < 4.78 is 33.5. The highest BCUT2D eigenvalue weighted by Crippen LogP contribution is 2.38. The van der Waals surface area contributed by atoms with Gasteiger partial charge in [-0.25, -0.2) is 13.6 Å². The van der Waals surface area contributed by atoms with Gasteiger partial charge in [0.05, 0.1) is 0 Å². The lowest BCUT2D eigenvalue weighted by atomic mass is 10.2. The van der Waals surface area contributed by atoms with Crippen molar-refractivity contribution in [3.8, 4) is 0 Å². The number of hydrogen-bond donors (Lipinski definition) is 1. The molecule has 0 spiro atoms. The quantitative estimate of drug-likeness (QED) is 0.593. The highest BCUT2D eigenvalue weighted by Gasteiger charge is 2.26. The van der Waals surface area contributed by atoms with Gasteiger partial charge in [0.15, 0.2) is 17.7 Å². The third-order valence-corrected chi connectivity index (χ3v) is 4.68. The molecule has 1 aliphatic carbocycles. The average Bonchev–Trinajstić information content (AvgIpc) is 3.42. The number of aromatic nitrogens is 1. The molecule has 1 atom stereocenters. The van der Waals surface area contributed by atoms with Gasteiger partial charge in [0, 0.05) is 35.3 Å². The molecule has 5 nitrogen and oxygen atoms in total. The zero-order valence-electron chi connectivity index (χ0n) is 16.0. The molecule has 1 aliphatic rings. The van der Waals surface area contributed by atoms with Crippen molar-refractivity contribution < 1.29 is 23.1 Å². The van der Waals surface area contributed by atoms with Crippen molar-refractivity contribution in [1.82, 2.24) is 4.57 Å². The summed E-state index contributed by atoms with van der Waals surface area (Å²) in [6.45, 7) is 5.44. The van der Waals surface area contributed by atoms with Gasteiger partial charge < -0.3 is 14.6 Å². The van der Waals surface area contributed by atoms with Crippen molar-refractivity contribution in [1.29, 1.82) is 0 Å². The number of benzene rings is 1. The number of carbonyl (C=O) groups excluding carboxylic acids is 2. The second kappa shape index (κ2) is 7.96. The maximum atomic E-state index is 13.2. The number of anilines is 1. The van der Waals surface area contributed by atoms with E-state index in [-0.39, 0.29) is 5.69 Å². The molecule has 0 bridgehead atoms. The molecule has 1 aromatic heterocycles. The molecule has 1 N–H and O–H groups in total. The van der Waals surface area contributed by atoms with E-state index in [1.807, 2.05) is 19.9 Å². The molecule has 0 unspecified atom stereocenters. The second-order valence-corrected chi connectivity index (χ2v) is 6.96. The van der Waals surface area contributed by atoms with Crippen LogP contribution in [0.1, 0.15) is 42.8 Å². The summed E-state index contributed by atoms with van der Waals surface area (Å²) in [4.78, 5) is 24.1. The number of aryl methyl sites for hydroxylation is 1. The number of nitrogens with zero attached hydrogens (tertiary/aromatic N) is 1. The van der Waals surface area contributed by atoms with Crippen LogP contribution in [0.4, 0.5) is 14.5 Å². The van der Waals surface area contributed by atoms with Crippen LogP contribution in [0.5, 0.6) is 0 Å². The van der Waals surface area contributed by atoms with Crippen LogP contribution in [0.3, 0.4) is 0 Å². The summed E-state index contributed by atoms with van der Waals surface area (Å²) in [5.74, 6) is -3.39. The van der Waals surface area contributed by atoms with Gasteiger partial charge in [-0.3, -0.25) is 4.79 Å². The number of hydrogen-bond acceptors (Lipinski definition) is 3. The Balaban J connectivity index is 1.57. The maximum Gasteiger partial charge on any atom is 0.331 e. The molecule has 148 valence electrons. The normalized spacial score (nSPS) is 14.9. The fraction of sp³-hybridized carbons (Fsp3) is 0.333. The molecule has 3 rings (SSSR count). The minimum Gasteiger partial charge on any atom is -0.449 e. The van der Waals surface area contributed by atoms with E-state index in [4.69, 9.17) is 4.74 Å². The Kier molecular flexibility index (Phi) is 5.63. The summed E-state index contributed by atoms with van der Waals surface area (Å²) >= 11 is 0. The number of rotatable bonds is 6. The SMILES string of the molecule is Cc1cc(/C=C/C(=O)O[C@@H](C)C(=O)Nc2ccc(F)c(F)c2)c(C)n1C1CC1. The molecule has 0 radical (unpaired) electrons. The van der Waals surface area contributed by atoms with Crippen LogP contribution in [-0.2, 0) is 14.3 Å². The van der Waals surface area contributed by atoms with Crippen molar-refractivity contribution in [3.05, 3.63) is 58.9 Å². The molecule has 1 heterocycles. The van der Waals surface area contributed by atoms with Gasteiger partial charge in [0.1, 0.15) is 0 Å². The Morgan fingerprint density at radius 1 is 1.21 bits per heavy atom. The van der Waals surface area contributed by atoms with Crippen LogP contribution in [0, 0.1) is 25.5 Å². The average molecular weight is 388 g/mol. The summed E-state index contributed by atoms with van der Waals surface area (Å²) in [6, 6.07) is 5.55. The van der Waals surface area contributed by atoms with E-state index < -0.39 is 29.6 Å². The zero-order chi connectivity index (χ0) is 20.4. The van der Waals surface area contributed by atoms with Crippen molar-refractivity contribution >= 4 is 23.6 Å². The summed E-state index contributed by atoms with van der Waals surface area (Å²) in [5.41, 5.74) is 3.25. The van der Waals surface area contributed by atoms with Crippen molar-refractivity contribution in [2.24, 2.45) is 0 Å². The fourth-order valence-electron chi connectivity index (χ4n) is 3.11. The molecule has 1 saturated carbocycles. The monoisotopic (exact) mass is 388 g/mol. The Bertz CT molecular complexity index is 945. The largest absolute Gasteiger partial charge is 0.449 e. The number of halogens is 2. The van der Waals surface area contributed by atoms with Gasteiger partial charge >= 0.3 is 5.97 Å². The van der Waals surface area contributed by atoms with E-state index in [0.717, 1.165) is 29.1 Å². The van der Waals surface area contributed by atoms with Crippen LogP contribution in [0.15, 0.2) is 30.3 Å². The number of ether oxygens (including phenoxy) is 1. The van der Waals surface area contributed by atoms with Crippen molar-refractivity contribution in [2.75, 3.05) is 5.32 Å². The molecular weight excluding hydrogens is 366 g/mol. The van der Waals surface area contributed by atoms with Gasteiger partial charge in [-0.2, -0.15) is 0 Å². The molecular formula is C21H22F2N2O3. The Morgan fingerprint density at radius 2 is 1.93 bits per heavy atom. The first-order valence-corrected chi connectivity index (χ1v) is 9.09. The first-order valence-electron chi connectivity index (χ1n) is 9.09. The lowest BCUT2D eigenvalue weighted by molar-refractivity contribution is -0.148. The van der Waals surface area contributed by atoms with Gasteiger partial charge in [0.25, 0.3) is 5.91 Å². The standard InChI is InChI=1S/C21H22F2N2O3/c1-12-10-15(13(2)25(12)17-6-7-17)4-9-20(26)28-14(3)21(27)24-16-5-8-18(22)19(23)11-16/h4-5,8-11,14,17H,6-7H2,1-3H3,(H,24,27)/b9-4+/t14-/m0/s1. The number of carbonyl (C=O) groups is 2. The van der Waals surface area contributed by atoms with Gasteiger partial charge in [-0.1, -0.05) is 0 Å². The predicted octanol–water partition coefficient (Wildman–Crippen LogP) is 4.30. The van der Waals surface area contributed by atoms with Crippen molar-refractivity contribution in [2.45, 2.75) is 45.8 Å². The highest BCUT2D eigenvalue weighted by molar-refractivity contribution is 5.96. The smallest absolute Gasteiger partial charge is 0.331 e. The molecule has 7 heteroatoms. The van der Waals surface area contributed by atoms with Crippen molar-refractivity contribution in [3.63, 3.8) is 0 Å². The second-order valence-electron chi connectivity index (χ2n) is 6.96. The van der Waals surface area contributed by atoms with E-state index in [1.54, 1.807) is 6.08 Å². The minimum atomic E-state index is -1.09. The lowest BCUT2D eigenvalue weighted by Gasteiger charge is -2.12. The molecule has 28 heavy (non-hydrogen) atoms. The number of amides is 1. The van der Waals surface area contributed by atoms with E-state index >= 15 is 0 Å². The van der Waals surface area contributed by atoms with Crippen LogP contribution >= 0.6 is 0 Å². The number of nitrogens with one attached hydrogen (secondary N) is 1. The highest BCUT2D eigenvalue weighted by atomic mass is 19.2. The minimum absolute atomic E-state index is 0.0786. The first kappa shape index (κ1) is 19.8. The third-order valence-electron chi connectivity index (χ3n) is 4.68. The van der Waals surface area contributed by atoms with Crippen LogP contribution < -0.4 is 5.32 Å². The Labute approximate surface area is 162 Å².